The lowest BCUT2D eigenvalue weighted by atomic mass is 9.88. The van der Waals surface area contributed by atoms with E-state index in [1.54, 1.807) is 17.7 Å². The topological polar surface area (TPSA) is 88.3 Å². The summed E-state index contributed by atoms with van der Waals surface area (Å²) in [6.45, 7) is 5.27. The van der Waals surface area contributed by atoms with Crippen LogP contribution in [0, 0.1) is 17.2 Å². The molecule has 0 N–H and O–H groups in total. The molecule has 1 aliphatic heterocycles. The van der Waals surface area contributed by atoms with Crippen LogP contribution in [0.1, 0.15) is 61.8 Å². The second-order valence-electron chi connectivity index (χ2n) is 9.26. The average molecular weight is 455 g/mol. The van der Waals surface area contributed by atoms with E-state index in [0.29, 0.717) is 18.3 Å². The van der Waals surface area contributed by atoms with Crippen LogP contribution in [0.25, 0.3) is 10.2 Å². The molecule has 0 bridgehead atoms. The Kier molecular flexibility index (Phi) is 6.40. The predicted molar refractivity (Wildman–Crippen MR) is 122 cm³/mol. The Hall–Kier alpha value is -2.08. The zero-order chi connectivity index (χ0) is 22.1. The lowest BCUT2D eigenvalue weighted by Gasteiger charge is -2.38. The van der Waals surface area contributed by atoms with Crippen LogP contribution in [0.4, 0.5) is 0 Å². The summed E-state index contributed by atoms with van der Waals surface area (Å²) in [5.41, 5.74) is 1.23. The molecule has 3 aliphatic rings. The number of fused-ring (bicyclic) bond motifs is 3. The van der Waals surface area contributed by atoms with Crippen LogP contribution in [0.2, 0.25) is 0 Å². The number of Topliss-reactive ketones (excluding diaryl/α,β-unsaturated/α-hetero) is 1. The van der Waals surface area contributed by atoms with Gasteiger partial charge in [0.2, 0.25) is 5.88 Å². The predicted octanol–water partition coefficient (Wildman–Crippen LogP) is 3.86. The third-order valence-corrected chi connectivity index (χ3v) is 8.52. The summed E-state index contributed by atoms with van der Waals surface area (Å²) < 4.78 is 12.0. The van der Waals surface area contributed by atoms with Crippen LogP contribution in [0.3, 0.4) is 0 Å². The lowest BCUT2D eigenvalue weighted by Crippen LogP contribution is -2.46. The lowest BCUT2D eigenvalue weighted by molar-refractivity contribution is -0.119. The van der Waals surface area contributed by atoms with Crippen LogP contribution in [-0.2, 0) is 16.0 Å². The minimum Gasteiger partial charge on any atom is -0.474 e. The number of aromatic nitrogens is 2. The maximum atomic E-state index is 11.9. The maximum absolute atomic E-state index is 11.9. The molecule has 2 aromatic rings. The Morgan fingerprint density at radius 3 is 2.78 bits per heavy atom. The van der Waals surface area contributed by atoms with E-state index in [4.69, 9.17) is 9.47 Å². The van der Waals surface area contributed by atoms with Gasteiger partial charge in [-0.2, -0.15) is 5.26 Å². The number of ether oxygens (including phenoxy) is 2. The molecule has 2 aliphatic carbocycles. The van der Waals surface area contributed by atoms with Crippen molar-refractivity contribution in [3.8, 4) is 11.9 Å². The smallest absolute Gasteiger partial charge is 0.225 e. The minimum atomic E-state index is -0.551. The number of aryl methyl sites for hydroxylation is 1. The van der Waals surface area contributed by atoms with Crippen molar-refractivity contribution in [2.45, 2.75) is 69.9 Å². The first kappa shape index (κ1) is 21.7. The highest BCUT2D eigenvalue weighted by atomic mass is 32.1. The summed E-state index contributed by atoms with van der Waals surface area (Å²) in [6, 6.07) is 2.82. The Morgan fingerprint density at radius 2 is 2.06 bits per heavy atom. The number of thiophene rings is 1. The molecule has 2 atom stereocenters. The van der Waals surface area contributed by atoms with E-state index < -0.39 is 5.92 Å². The van der Waals surface area contributed by atoms with Gasteiger partial charge in [-0.1, -0.05) is 0 Å². The zero-order valence-electron chi connectivity index (χ0n) is 18.6. The third kappa shape index (κ3) is 4.26. The summed E-state index contributed by atoms with van der Waals surface area (Å²) in [5.74, 6) is 0.277. The standard InChI is InChI=1S/C24H30N4O3S/c1-15(29)17(13-25)12-16-2-7-20-21(16)22-23(26-14-27-24(22)32-20)31-19-5-3-18(4-6-19)28-8-10-30-11-9-28/h14,16-19H,2-12H2,1H3/t16-,17?,18?,19?/m1/s1. The fourth-order valence-corrected chi connectivity index (χ4v) is 6.82. The molecular formula is C24H30N4O3S. The van der Waals surface area contributed by atoms with Gasteiger partial charge in [0.05, 0.1) is 24.7 Å². The van der Waals surface area contributed by atoms with E-state index in [9.17, 15) is 10.1 Å². The largest absolute Gasteiger partial charge is 0.474 e. The molecule has 32 heavy (non-hydrogen) atoms. The number of carbonyl (C=O) groups is 1. The minimum absolute atomic E-state index is 0.0507. The van der Waals surface area contributed by atoms with E-state index in [1.165, 1.54) is 17.4 Å². The van der Waals surface area contributed by atoms with Crippen molar-refractivity contribution >= 4 is 27.3 Å². The first-order chi connectivity index (χ1) is 15.6. The van der Waals surface area contributed by atoms with Crippen LogP contribution in [0.15, 0.2) is 6.33 Å². The first-order valence-corrected chi connectivity index (χ1v) is 12.6. The summed E-state index contributed by atoms with van der Waals surface area (Å²) in [6.07, 6.45) is 8.65. The molecule has 1 saturated carbocycles. The molecule has 5 rings (SSSR count). The van der Waals surface area contributed by atoms with Crippen molar-refractivity contribution in [3.05, 3.63) is 16.8 Å². The highest BCUT2D eigenvalue weighted by Crippen LogP contribution is 2.48. The number of rotatable bonds is 6. The number of nitrogens with zero attached hydrogens (tertiary/aromatic N) is 4. The van der Waals surface area contributed by atoms with Crippen LogP contribution < -0.4 is 4.74 Å². The second kappa shape index (κ2) is 9.42. The summed E-state index contributed by atoms with van der Waals surface area (Å²) >= 11 is 1.71. The van der Waals surface area contributed by atoms with Crippen molar-refractivity contribution in [1.29, 1.82) is 5.26 Å². The first-order valence-electron chi connectivity index (χ1n) is 11.8. The number of nitriles is 1. The Morgan fingerprint density at radius 1 is 1.28 bits per heavy atom. The van der Waals surface area contributed by atoms with Gasteiger partial charge in [0, 0.05) is 24.0 Å². The van der Waals surface area contributed by atoms with Gasteiger partial charge < -0.3 is 9.47 Å². The van der Waals surface area contributed by atoms with Gasteiger partial charge >= 0.3 is 0 Å². The van der Waals surface area contributed by atoms with Gasteiger partial charge in [0.1, 0.15) is 29.0 Å². The van der Waals surface area contributed by atoms with Gasteiger partial charge in [0.15, 0.2) is 0 Å². The molecule has 7 nitrogen and oxygen atoms in total. The average Bonchev–Trinajstić information content (AvgIpc) is 3.38. The highest BCUT2D eigenvalue weighted by Gasteiger charge is 2.34. The molecule has 3 heterocycles. The summed E-state index contributed by atoms with van der Waals surface area (Å²) in [7, 11) is 0. The molecule has 2 aromatic heterocycles. The second-order valence-corrected chi connectivity index (χ2v) is 10.3. The zero-order valence-corrected chi connectivity index (χ0v) is 19.4. The molecule has 0 aromatic carbocycles. The number of morpholine rings is 1. The van der Waals surface area contributed by atoms with Gasteiger partial charge in [-0.25, -0.2) is 9.97 Å². The quantitative estimate of drug-likeness (QED) is 0.655. The summed E-state index contributed by atoms with van der Waals surface area (Å²) in [4.78, 5) is 25.8. The molecule has 1 saturated heterocycles. The number of hydrogen-bond donors (Lipinski definition) is 0. The molecule has 170 valence electrons. The van der Waals surface area contributed by atoms with Crippen LogP contribution in [-0.4, -0.2) is 59.1 Å². The molecule has 8 heteroatoms. The van der Waals surface area contributed by atoms with E-state index in [-0.39, 0.29) is 17.8 Å². The summed E-state index contributed by atoms with van der Waals surface area (Å²) in [5, 5.41) is 10.4. The van der Waals surface area contributed by atoms with Gasteiger partial charge in [-0.05, 0) is 63.4 Å². The van der Waals surface area contributed by atoms with Crippen molar-refractivity contribution in [2.75, 3.05) is 26.3 Å². The van der Waals surface area contributed by atoms with Crippen molar-refractivity contribution in [3.63, 3.8) is 0 Å². The van der Waals surface area contributed by atoms with Crippen molar-refractivity contribution in [1.82, 2.24) is 14.9 Å². The van der Waals surface area contributed by atoms with E-state index in [1.807, 2.05) is 0 Å². The fraction of sp³-hybridized carbons (Fsp3) is 0.667. The Balaban J connectivity index is 1.32. The van der Waals surface area contributed by atoms with Gasteiger partial charge in [-0.15, -0.1) is 11.3 Å². The van der Waals surface area contributed by atoms with E-state index in [0.717, 1.165) is 75.0 Å². The van der Waals surface area contributed by atoms with Gasteiger partial charge in [0.25, 0.3) is 0 Å². The molecule has 0 radical (unpaired) electrons. The molecule has 0 amide bonds. The number of carbonyl (C=O) groups excluding carboxylic acids is 1. The van der Waals surface area contributed by atoms with Crippen LogP contribution >= 0.6 is 11.3 Å². The number of ketones is 1. The Labute approximate surface area is 192 Å². The third-order valence-electron chi connectivity index (χ3n) is 7.35. The number of hydrogen-bond acceptors (Lipinski definition) is 8. The fourth-order valence-electron chi connectivity index (χ4n) is 5.59. The monoisotopic (exact) mass is 454 g/mol. The molecule has 2 fully saturated rings. The molecule has 1 unspecified atom stereocenters. The van der Waals surface area contributed by atoms with Crippen LogP contribution in [0.5, 0.6) is 5.88 Å². The molecular weight excluding hydrogens is 424 g/mol. The highest BCUT2D eigenvalue weighted by molar-refractivity contribution is 7.19. The normalized spacial score (nSPS) is 27.1. The van der Waals surface area contributed by atoms with Gasteiger partial charge in [-0.3, -0.25) is 9.69 Å². The SMILES string of the molecule is CC(=O)C(C#N)C[C@H]1CCc2sc3ncnc(OC4CCC(N5CCOCC5)CC4)c3c21. The maximum Gasteiger partial charge on any atom is 0.225 e. The van der Waals surface area contributed by atoms with E-state index >= 15 is 0 Å². The Bertz CT molecular complexity index is 1020. The van der Waals surface area contributed by atoms with E-state index in [2.05, 4.69) is 20.9 Å². The van der Waals surface area contributed by atoms with Crippen molar-refractivity contribution in [2.24, 2.45) is 5.92 Å². The molecule has 0 spiro atoms. The van der Waals surface area contributed by atoms with Crippen molar-refractivity contribution < 1.29 is 14.3 Å².